The van der Waals surface area contributed by atoms with Crippen molar-refractivity contribution in [1.82, 2.24) is 14.9 Å². The number of aromatic nitrogens is 2. The molecular formula is C21H23N5O. The van der Waals surface area contributed by atoms with Gasteiger partial charge in [-0.25, -0.2) is 4.98 Å². The van der Waals surface area contributed by atoms with Crippen molar-refractivity contribution in [3.05, 3.63) is 54.0 Å². The molecule has 0 radical (unpaired) electrons. The lowest BCUT2D eigenvalue weighted by atomic mass is 9.73. The monoisotopic (exact) mass is 361 g/mol. The SMILES string of the molecule is N#Cc1cccnc1N1CCC[C@]2(CCC(=O)N(Cc3ccncc3)C2)C1. The molecule has 4 rings (SSSR count). The first-order chi connectivity index (χ1) is 13.2. The van der Waals surface area contributed by atoms with Gasteiger partial charge in [0.15, 0.2) is 0 Å². The largest absolute Gasteiger partial charge is 0.355 e. The van der Waals surface area contributed by atoms with Crippen molar-refractivity contribution in [2.75, 3.05) is 24.5 Å². The van der Waals surface area contributed by atoms with Crippen molar-refractivity contribution < 1.29 is 4.79 Å². The highest BCUT2D eigenvalue weighted by molar-refractivity contribution is 5.77. The molecule has 2 aliphatic heterocycles. The van der Waals surface area contributed by atoms with Gasteiger partial charge in [-0.05, 0) is 49.1 Å². The van der Waals surface area contributed by atoms with Gasteiger partial charge in [-0.15, -0.1) is 0 Å². The highest BCUT2D eigenvalue weighted by Crippen LogP contribution is 2.40. The van der Waals surface area contributed by atoms with Crippen LogP contribution in [0.25, 0.3) is 0 Å². The highest BCUT2D eigenvalue weighted by atomic mass is 16.2. The average molecular weight is 361 g/mol. The number of carbonyl (C=O) groups is 1. The van der Waals surface area contributed by atoms with Crippen LogP contribution in [0.2, 0.25) is 0 Å². The number of rotatable bonds is 3. The number of hydrogen-bond donors (Lipinski definition) is 0. The van der Waals surface area contributed by atoms with E-state index in [1.807, 2.05) is 23.1 Å². The molecule has 27 heavy (non-hydrogen) atoms. The number of pyridine rings is 2. The maximum atomic E-state index is 12.5. The Morgan fingerprint density at radius 2 is 2.00 bits per heavy atom. The molecular weight excluding hydrogens is 338 g/mol. The first kappa shape index (κ1) is 17.5. The van der Waals surface area contributed by atoms with Crippen LogP contribution >= 0.6 is 0 Å². The number of amides is 1. The second-order valence-electron chi connectivity index (χ2n) is 7.62. The van der Waals surface area contributed by atoms with Crippen LogP contribution < -0.4 is 4.90 Å². The van der Waals surface area contributed by atoms with Crippen molar-refractivity contribution in [3.63, 3.8) is 0 Å². The predicted molar refractivity (Wildman–Crippen MR) is 102 cm³/mol. The maximum absolute atomic E-state index is 12.5. The number of carbonyl (C=O) groups excluding carboxylic acids is 1. The Labute approximate surface area is 159 Å². The Morgan fingerprint density at radius 3 is 2.81 bits per heavy atom. The number of nitriles is 1. The molecule has 0 bridgehead atoms. The molecule has 0 aromatic carbocycles. The zero-order valence-corrected chi connectivity index (χ0v) is 15.3. The van der Waals surface area contributed by atoms with Crippen LogP contribution in [0.15, 0.2) is 42.9 Å². The summed E-state index contributed by atoms with van der Waals surface area (Å²) in [6.45, 7) is 3.15. The fourth-order valence-corrected chi connectivity index (χ4v) is 4.41. The summed E-state index contributed by atoms with van der Waals surface area (Å²) in [5.74, 6) is 1.00. The van der Waals surface area contributed by atoms with E-state index in [9.17, 15) is 10.1 Å². The van der Waals surface area contributed by atoms with E-state index in [-0.39, 0.29) is 11.3 Å². The molecule has 2 aliphatic rings. The van der Waals surface area contributed by atoms with E-state index in [1.54, 1.807) is 24.7 Å². The fourth-order valence-electron chi connectivity index (χ4n) is 4.41. The van der Waals surface area contributed by atoms with Crippen LogP contribution in [0.5, 0.6) is 0 Å². The first-order valence-electron chi connectivity index (χ1n) is 9.46. The van der Waals surface area contributed by atoms with Gasteiger partial charge in [-0.1, -0.05) is 0 Å². The molecule has 2 saturated heterocycles. The van der Waals surface area contributed by atoms with E-state index in [0.29, 0.717) is 18.5 Å². The molecule has 0 aliphatic carbocycles. The molecule has 0 unspecified atom stereocenters. The van der Waals surface area contributed by atoms with Crippen LogP contribution in [0.1, 0.15) is 36.8 Å². The van der Waals surface area contributed by atoms with Gasteiger partial charge in [0.1, 0.15) is 11.9 Å². The Bertz CT molecular complexity index is 862. The fraction of sp³-hybridized carbons (Fsp3) is 0.429. The van der Waals surface area contributed by atoms with Crippen LogP contribution in [-0.2, 0) is 11.3 Å². The summed E-state index contributed by atoms with van der Waals surface area (Å²) in [6.07, 6.45) is 8.95. The second-order valence-corrected chi connectivity index (χ2v) is 7.62. The van der Waals surface area contributed by atoms with Crippen LogP contribution in [0, 0.1) is 16.7 Å². The molecule has 0 saturated carbocycles. The third-order valence-electron chi connectivity index (χ3n) is 5.74. The topological polar surface area (TPSA) is 73.1 Å². The molecule has 4 heterocycles. The predicted octanol–water partition coefficient (Wildman–Crippen LogP) is 2.76. The quantitative estimate of drug-likeness (QED) is 0.840. The average Bonchev–Trinajstić information content (AvgIpc) is 2.72. The number of hydrogen-bond acceptors (Lipinski definition) is 5. The molecule has 2 aromatic rings. The molecule has 2 aromatic heterocycles. The molecule has 138 valence electrons. The van der Waals surface area contributed by atoms with Gasteiger partial charge in [0, 0.05) is 56.6 Å². The normalized spacial score (nSPS) is 22.7. The van der Waals surface area contributed by atoms with E-state index < -0.39 is 0 Å². The molecule has 1 spiro atoms. The molecule has 2 fully saturated rings. The Kier molecular flexibility index (Phi) is 4.76. The summed E-state index contributed by atoms with van der Waals surface area (Å²) >= 11 is 0. The summed E-state index contributed by atoms with van der Waals surface area (Å²) in [4.78, 5) is 25.3. The summed E-state index contributed by atoms with van der Waals surface area (Å²) in [5, 5.41) is 9.42. The lowest BCUT2D eigenvalue weighted by molar-refractivity contribution is -0.138. The first-order valence-corrected chi connectivity index (χ1v) is 9.46. The second kappa shape index (κ2) is 7.36. The van der Waals surface area contributed by atoms with Crippen LogP contribution in [-0.4, -0.2) is 40.4 Å². The van der Waals surface area contributed by atoms with Gasteiger partial charge in [-0.3, -0.25) is 9.78 Å². The van der Waals surface area contributed by atoms with E-state index in [1.165, 1.54) is 0 Å². The molecule has 6 heteroatoms. The van der Waals surface area contributed by atoms with Crippen molar-refractivity contribution in [2.45, 2.75) is 32.2 Å². The van der Waals surface area contributed by atoms with Gasteiger partial charge in [0.2, 0.25) is 5.91 Å². The summed E-state index contributed by atoms with van der Waals surface area (Å²) < 4.78 is 0. The third kappa shape index (κ3) is 3.63. The van der Waals surface area contributed by atoms with Crippen LogP contribution in [0.4, 0.5) is 5.82 Å². The van der Waals surface area contributed by atoms with Gasteiger partial charge in [0.25, 0.3) is 0 Å². The van der Waals surface area contributed by atoms with Crippen molar-refractivity contribution in [3.8, 4) is 6.07 Å². The molecule has 0 N–H and O–H groups in total. The van der Waals surface area contributed by atoms with Gasteiger partial charge in [-0.2, -0.15) is 5.26 Å². The number of piperidine rings is 2. The van der Waals surface area contributed by atoms with Gasteiger partial charge < -0.3 is 9.80 Å². The molecule has 6 nitrogen and oxygen atoms in total. The zero-order chi connectivity index (χ0) is 18.7. The summed E-state index contributed by atoms with van der Waals surface area (Å²) in [6, 6.07) is 9.82. The van der Waals surface area contributed by atoms with Gasteiger partial charge >= 0.3 is 0 Å². The minimum atomic E-state index is 0.0729. The lowest BCUT2D eigenvalue weighted by Gasteiger charge is -2.48. The number of nitrogens with zero attached hydrogens (tertiary/aromatic N) is 5. The van der Waals surface area contributed by atoms with Crippen molar-refractivity contribution >= 4 is 11.7 Å². The zero-order valence-electron chi connectivity index (χ0n) is 15.3. The van der Waals surface area contributed by atoms with Crippen molar-refractivity contribution in [1.29, 1.82) is 5.26 Å². The maximum Gasteiger partial charge on any atom is 0.222 e. The van der Waals surface area contributed by atoms with E-state index in [2.05, 4.69) is 20.9 Å². The van der Waals surface area contributed by atoms with E-state index in [4.69, 9.17) is 0 Å². The smallest absolute Gasteiger partial charge is 0.222 e. The van der Waals surface area contributed by atoms with Crippen molar-refractivity contribution in [2.24, 2.45) is 5.41 Å². The standard InChI is InChI=1S/C21H23N5O/c22-13-18-3-1-9-24-20(18)25-12-2-7-21(15-25)8-4-19(27)26(16-21)14-17-5-10-23-11-6-17/h1,3,5-6,9-11H,2,4,7-8,12,14-16H2/t21-/m0/s1. The number of anilines is 1. The van der Waals surface area contributed by atoms with E-state index in [0.717, 1.165) is 50.3 Å². The summed E-state index contributed by atoms with van der Waals surface area (Å²) in [5.41, 5.74) is 1.80. The number of likely N-dealkylation sites (tertiary alicyclic amines) is 1. The Hall–Kier alpha value is -2.94. The minimum Gasteiger partial charge on any atom is -0.355 e. The highest BCUT2D eigenvalue weighted by Gasteiger charge is 2.42. The molecule has 1 amide bonds. The molecule has 1 atom stereocenters. The van der Waals surface area contributed by atoms with E-state index >= 15 is 0 Å². The summed E-state index contributed by atoms with van der Waals surface area (Å²) in [7, 11) is 0. The van der Waals surface area contributed by atoms with Crippen LogP contribution in [0.3, 0.4) is 0 Å². The Balaban J connectivity index is 1.53. The lowest BCUT2D eigenvalue weighted by Crippen LogP contribution is -2.54. The third-order valence-corrected chi connectivity index (χ3v) is 5.74. The Morgan fingerprint density at radius 1 is 1.15 bits per heavy atom. The minimum absolute atomic E-state index is 0.0729. The van der Waals surface area contributed by atoms with Gasteiger partial charge in [0.05, 0.1) is 5.56 Å².